The minimum absolute atomic E-state index is 0.382. The van der Waals surface area contributed by atoms with Gasteiger partial charge in [-0.15, -0.1) is 0 Å². The highest BCUT2D eigenvalue weighted by Gasteiger charge is 2.17. The third-order valence-corrected chi connectivity index (χ3v) is 4.09. The van der Waals surface area contributed by atoms with Crippen molar-refractivity contribution in [1.82, 2.24) is 5.32 Å². The molecule has 1 N–H and O–H groups in total. The van der Waals surface area contributed by atoms with Gasteiger partial charge in [-0.05, 0) is 43.4 Å². The SMILES string of the molecule is CCCNC(CC(C)CC)c1cccc(C)c1Cl. The molecule has 0 aromatic heterocycles. The third-order valence-electron chi connectivity index (χ3n) is 3.57. The average molecular weight is 268 g/mol. The lowest BCUT2D eigenvalue weighted by Crippen LogP contribution is -2.24. The molecule has 0 aliphatic carbocycles. The number of nitrogens with one attached hydrogen (secondary N) is 1. The van der Waals surface area contributed by atoms with Crippen molar-refractivity contribution in [2.45, 2.75) is 53.0 Å². The monoisotopic (exact) mass is 267 g/mol. The molecule has 0 fully saturated rings. The van der Waals surface area contributed by atoms with E-state index < -0.39 is 0 Å². The van der Waals surface area contributed by atoms with Crippen molar-refractivity contribution in [3.63, 3.8) is 0 Å². The van der Waals surface area contributed by atoms with Gasteiger partial charge in [0.15, 0.2) is 0 Å². The van der Waals surface area contributed by atoms with Gasteiger partial charge in [0.05, 0.1) is 0 Å². The van der Waals surface area contributed by atoms with E-state index in [4.69, 9.17) is 11.6 Å². The molecule has 102 valence electrons. The van der Waals surface area contributed by atoms with Gasteiger partial charge in [0.1, 0.15) is 0 Å². The fraction of sp³-hybridized carbons (Fsp3) is 0.625. The van der Waals surface area contributed by atoms with E-state index in [0.717, 1.165) is 30.3 Å². The van der Waals surface area contributed by atoms with Crippen LogP contribution in [-0.4, -0.2) is 6.54 Å². The quantitative estimate of drug-likeness (QED) is 0.723. The van der Waals surface area contributed by atoms with Gasteiger partial charge >= 0.3 is 0 Å². The maximum Gasteiger partial charge on any atom is 0.0482 e. The molecule has 0 radical (unpaired) electrons. The molecule has 0 saturated heterocycles. The number of hydrogen-bond acceptors (Lipinski definition) is 1. The Balaban J connectivity index is 2.90. The lowest BCUT2D eigenvalue weighted by Gasteiger charge is -2.23. The largest absolute Gasteiger partial charge is 0.310 e. The molecule has 1 nitrogen and oxygen atoms in total. The highest BCUT2D eigenvalue weighted by atomic mass is 35.5. The molecule has 0 saturated carbocycles. The second-order valence-corrected chi connectivity index (χ2v) is 5.61. The molecule has 18 heavy (non-hydrogen) atoms. The molecule has 1 aromatic carbocycles. The number of aryl methyl sites for hydroxylation is 1. The Bertz CT molecular complexity index is 362. The Labute approximate surface area is 117 Å². The summed E-state index contributed by atoms with van der Waals surface area (Å²) in [5, 5.41) is 4.56. The van der Waals surface area contributed by atoms with Gasteiger partial charge < -0.3 is 5.32 Å². The van der Waals surface area contributed by atoms with Crippen molar-refractivity contribution in [1.29, 1.82) is 0 Å². The van der Waals surface area contributed by atoms with Gasteiger partial charge in [-0.3, -0.25) is 0 Å². The van der Waals surface area contributed by atoms with Crippen molar-refractivity contribution in [3.05, 3.63) is 34.3 Å². The first kappa shape index (κ1) is 15.5. The van der Waals surface area contributed by atoms with Crippen molar-refractivity contribution in [2.75, 3.05) is 6.54 Å². The van der Waals surface area contributed by atoms with Gasteiger partial charge in [-0.25, -0.2) is 0 Å². The first-order valence-corrected chi connectivity index (χ1v) is 7.46. The topological polar surface area (TPSA) is 12.0 Å². The van der Waals surface area contributed by atoms with Crippen molar-refractivity contribution in [2.24, 2.45) is 5.92 Å². The van der Waals surface area contributed by atoms with E-state index >= 15 is 0 Å². The summed E-state index contributed by atoms with van der Waals surface area (Å²) in [5.41, 5.74) is 2.42. The lowest BCUT2D eigenvalue weighted by molar-refractivity contribution is 0.402. The van der Waals surface area contributed by atoms with E-state index in [-0.39, 0.29) is 0 Å². The summed E-state index contributed by atoms with van der Waals surface area (Å²) >= 11 is 6.45. The van der Waals surface area contributed by atoms with Crippen molar-refractivity contribution >= 4 is 11.6 Å². The summed E-state index contributed by atoms with van der Waals surface area (Å²) in [5.74, 6) is 0.718. The summed E-state index contributed by atoms with van der Waals surface area (Å²) in [6.07, 6.45) is 3.52. The molecule has 2 heteroatoms. The molecule has 1 rings (SSSR count). The summed E-state index contributed by atoms with van der Waals surface area (Å²) < 4.78 is 0. The van der Waals surface area contributed by atoms with E-state index in [0.29, 0.717) is 6.04 Å². The minimum Gasteiger partial charge on any atom is -0.310 e. The van der Waals surface area contributed by atoms with Crippen LogP contribution in [0, 0.1) is 12.8 Å². The maximum atomic E-state index is 6.45. The van der Waals surface area contributed by atoms with E-state index in [9.17, 15) is 0 Å². The molecular formula is C16H26ClN. The first-order chi connectivity index (χ1) is 8.60. The van der Waals surface area contributed by atoms with Crippen molar-refractivity contribution in [3.8, 4) is 0 Å². The van der Waals surface area contributed by atoms with E-state index in [1.807, 2.05) is 0 Å². The average Bonchev–Trinajstić information content (AvgIpc) is 2.37. The van der Waals surface area contributed by atoms with Gasteiger partial charge in [0.25, 0.3) is 0 Å². The minimum atomic E-state index is 0.382. The molecule has 2 atom stereocenters. The molecular weight excluding hydrogens is 242 g/mol. The van der Waals surface area contributed by atoms with E-state index in [2.05, 4.69) is 51.2 Å². The molecule has 0 amide bonds. The molecule has 0 bridgehead atoms. The number of hydrogen-bond donors (Lipinski definition) is 1. The van der Waals surface area contributed by atoms with Gasteiger partial charge in [0.2, 0.25) is 0 Å². The van der Waals surface area contributed by atoms with Crippen LogP contribution >= 0.6 is 11.6 Å². The predicted molar refractivity (Wildman–Crippen MR) is 81.3 cm³/mol. The Kier molecular flexibility index (Phi) is 6.73. The molecule has 0 heterocycles. The molecule has 2 unspecified atom stereocenters. The third kappa shape index (κ3) is 4.29. The Morgan fingerprint density at radius 3 is 2.61 bits per heavy atom. The first-order valence-electron chi connectivity index (χ1n) is 7.08. The Hall–Kier alpha value is -0.530. The van der Waals surface area contributed by atoms with Crippen LogP contribution in [-0.2, 0) is 0 Å². The van der Waals surface area contributed by atoms with Crippen LogP contribution in [0.1, 0.15) is 57.2 Å². The summed E-state index contributed by atoms with van der Waals surface area (Å²) in [4.78, 5) is 0. The van der Waals surface area contributed by atoms with Crippen LogP contribution in [0.2, 0.25) is 5.02 Å². The number of benzene rings is 1. The van der Waals surface area contributed by atoms with Gasteiger partial charge in [-0.1, -0.05) is 57.0 Å². The number of rotatable bonds is 7. The van der Waals surface area contributed by atoms with Crippen molar-refractivity contribution < 1.29 is 0 Å². The van der Waals surface area contributed by atoms with Gasteiger partial charge in [0, 0.05) is 11.1 Å². The maximum absolute atomic E-state index is 6.45. The smallest absolute Gasteiger partial charge is 0.0482 e. The normalized spacial score (nSPS) is 14.5. The van der Waals surface area contributed by atoms with Crippen LogP contribution in [0.25, 0.3) is 0 Å². The fourth-order valence-electron chi connectivity index (χ4n) is 2.15. The fourth-order valence-corrected chi connectivity index (χ4v) is 2.40. The zero-order chi connectivity index (χ0) is 13.5. The van der Waals surface area contributed by atoms with Gasteiger partial charge in [-0.2, -0.15) is 0 Å². The summed E-state index contributed by atoms with van der Waals surface area (Å²) in [6.45, 7) is 9.88. The second kappa shape index (κ2) is 7.81. The predicted octanol–water partition coefficient (Wildman–Crippen LogP) is 5.13. The zero-order valence-corrected chi connectivity index (χ0v) is 12.8. The molecule has 0 aliphatic heterocycles. The Morgan fingerprint density at radius 2 is 2.00 bits per heavy atom. The zero-order valence-electron chi connectivity index (χ0n) is 12.1. The van der Waals surface area contributed by atoms with Crippen LogP contribution in [0.3, 0.4) is 0 Å². The standard InChI is InChI=1S/C16H26ClN/c1-5-10-18-15(11-12(3)6-2)14-9-7-8-13(4)16(14)17/h7-9,12,15,18H,5-6,10-11H2,1-4H3. The van der Waals surface area contributed by atoms with Crippen LogP contribution in [0.4, 0.5) is 0 Å². The lowest BCUT2D eigenvalue weighted by atomic mass is 9.93. The van der Waals surface area contributed by atoms with E-state index in [1.54, 1.807) is 0 Å². The molecule has 0 spiro atoms. The highest BCUT2D eigenvalue weighted by molar-refractivity contribution is 6.32. The summed E-state index contributed by atoms with van der Waals surface area (Å²) in [7, 11) is 0. The molecule has 0 aliphatic rings. The highest BCUT2D eigenvalue weighted by Crippen LogP contribution is 2.30. The Morgan fingerprint density at radius 1 is 1.28 bits per heavy atom. The number of halogens is 1. The summed E-state index contributed by atoms with van der Waals surface area (Å²) in [6, 6.07) is 6.72. The van der Waals surface area contributed by atoms with Crippen LogP contribution in [0.5, 0.6) is 0 Å². The van der Waals surface area contributed by atoms with E-state index in [1.165, 1.54) is 17.5 Å². The second-order valence-electron chi connectivity index (χ2n) is 5.23. The van der Waals surface area contributed by atoms with Crippen LogP contribution < -0.4 is 5.32 Å². The van der Waals surface area contributed by atoms with Crippen LogP contribution in [0.15, 0.2) is 18.2 Å². The molecule has 1 aromatic rings.